The Morgan fingerprint density at radius 2 is 1.56 bits per heavy atom. The number of amides is 1. The Hall–Kier alpha value is -3.81. The largest absolute Gasteiger partial charge is 0.351 e. The molecule has 0 radical (unpaired) electrons. The number of para-hydroxylation sites is 2. The molecule has 0 saturated carbocycles. The molecule has 1 saturated heterocycles. The van der Waals surface area contributed by atoms with E-state index >= 15 is 0 Å². The summed E-state index contributed by atoms with van der Waals surface area (Å²) in [5.41, 5.74) is 4.38. The highest BCUT2D eigenvalue weighted by atomic mass is 32.1. The third-order valence-electron chi connectivity index (χ3n) is 6.67. The zero-order valence-electron chi connectivity index (χ0n) is 19.9. The summed E-state index contributed by atoms with van der Waals surface area (Å²) in [7, 11) is 0. The van der Waals surface area contributed by atoms with Gasteiger partial charge < -0.3 is 10.2 Å². The van der Waals surface area contributed by atoms with Crippen molar-refractivity contribution in [2.75, 3.05) is 44.2 Å². The number of benzene rings is 3. The first-order chi connectivity index (χ1) is 17.7. The number of fused-ring (bicyclic) bond motifs is 2. The van der Waals surface area contributed by atoms with Gasteiger partial charge in [-0.2, -0.15) is 0 Å². The summed E-state index contributed by atoms with van der Waals surface area (Å²) >= 11 is 1.76. The molecule has 36 heavy (non-hydrogen) atoms. The van der Waals surface area contributed by atoms with Crippen LogP contribution in [-0.2, 0) is 0 Å². The highest BCUT2D eigenvalue weighted by Gasteiger charge is 2.20. The predicted molar refractivity (Wildman–Crippen MR) is 148 cm³/mol. The molecular formula is C29H27N5OS. The van der Waals surface area contributed by atoms with Gasteiger partial charge in [0.05, 0.1) is 27.0 Å². The van der Waals surface area contributed by atoms with Crippen molar-refractivity contribution >= 4 is 43.5 Å². The number of rotatable bonds is 6. The normalized spacial score (nSPS) is 14.4. The van der Waals surface area contributed by atoms with Crippen LogP contribution in [0.2, 0.25) is 0 Å². The van der Waals surface area contributed by atoms with Gasteiger partial charge in [0.15, 0.2) is 5.13 Å². The molecule has 1 aliphatic heterocycles. The van der Waals surface area contributed by atoms with Crippen molar-refractivity contribution in [1.82, 2.24) is 20.2 Å². The lowest BCUT2D eigenvalue weighted by Gasteiger charge is -2.34. The van der Waals surface area contributed by atoms with Crippen LogP contribution in [0.5, 0.6) is 0 Å². The van der Waals surface area contributed by atoms with E-state index in [1.807, 2.05) is 66.7 Å². The van der Waals surface area contributed by atoms with E-state index in [1.54, 1.807) is 11.3 Å². The zero-order chi connectivity index (χ0) is 24.3. The van der Waals surface area contributed by atoms with Crippen LogP contribution in [0.25, 0.3) is 32.4 Å². The summed E-state index contributed by atoms with van der Waals surface area (Å²) in [5, 5.41) is 5.12. The maximum absolute atomic E-state index is 13.2. The van der Waals surface area contributed by atoms with E-state index in [0.717, 1.165) is 65.5 Å². The van der Waals surface area contributed by atoms with Crippen LogP contribution in [0.4, 0.5) is 5.13 Å². The van der Waals surface area contributed by atoms with Crippen LogP contribution in [0, 0.1) is 0 Å². The van der Waals surface area contributed by atoms with Gasteiger partial charge in [-0.15, -0.1) is 0 Å². The maximum Gasteiger partial charge on any atom is 0.252 e. The van der Waals surface area contributed by atoms with Crippen LogP contribution < -0.4 is 10.2 Å². The van der Waals surface area contributed by atoms with E-state index in [4.69, 9.17) is 9.97 Å². The van der Waals surface area contributed by atoms with Gasteiger partial charge in [0.25, 0.3) is 5.91 Å². The molecule has 0 atom stereocenters. The second kappa shape index (κ2) is 10.0. The van der Waals surface area contributed by atoms with Gasteiger partial charge in [0, 0.05) is 50.2 Å². The van der Waals surface area contributed by atoms with E-state index in [0.29, 0.717) is 12.1 Å². The minimum Gasteiger partial charge on any atom is -0.351 e. The lowest BCUT2D eigenvalue weighted by atomic mass is 10.0. The molecule has 6 nitrogen and oxygen atoms in total. The Balaban J connectivity index is 1.08. The maximum atomic E-state index is 13.2. The van der Waals surface area contributed by atoms with E-state index in [2.05, 4.69) is 33.3 Å². The molecule has 1 amide bonds. The number of thiazole rings is 1. The molecule has 0 spiro atoms. The molecule has 1 aliphatic rings. The monoisotopic (exact) mass is 493 g/mol. The minimum atomic E-state index is -0.0566. The Morgan fingerprint density at radius 3 is 2.36 bits per heavy atom. The third-order valence-corrected chi connectivity index (χ3v) is 7.77. The molecule has 1 fully saturated rings. The summed E-state index contributed by atoms with van der Waals surface area (Å²) in [4.78, 5) is 27.6. The standard InChI is InChI=1S/C29H27N5OS/c35-28(23-20-26(21-8-2-1-3-9-21)31-24-11-5-4-10-22(23)24)30-14-15-33-16-18-34(19-17-33)29-32-25-12-6-7-13-27(25)36-29/h1-13,20H,14-19H2,(H,30,35). The SMILES string of the molecule is O=C(NCCN1CCN(c2nc3ccccc3s2)CC1)c1cc(-c2ccccc2)nc2ccccc12. The van der Waals surface area contributed by atoms with E-state index in [1.165, 1.54) is 4.70 Å². The number of nitrogens with zero attached hydrogens (tertiary/aromatic N) is 4. The molecule has 0 bridgehead atoms. The summed E-state index contributed by atoms with van der Waals surface area (Å²) in [6.07, 6.45) is 0. The second-order valence-corrected chi connectivity index (χ2v) is 10.00. The van der Waals surface area contributed by atoms with E-state index < -0.39 is 0 Å². The van der Waals surface area contributed by atoms with Crippen molar-refractivity contribution in [3.8, 4) is 11.3 Å². The Kier molecular flexibility index (Phi) is 6.32. The number of piperazine rings is 1. The number of hydrogen-bond donors (Lipinski definition) is 1. The fourth-order valence-electron chi connectivity index (χ4n) is 4.70. The van der Waals surface area contributed by atoms with E-state index in [9.17, 15) is 4.79 Å². The Morgan fingerprint density at radius 1 is 0.833 bits per heavy atom. The van der Waals surface area contributed by atoms with Gasteiger partial charge in [-0.1, -0.05) is 72.0 Å². The number of pyridine rings is 1. The van der Waals surface area contributed by atoms with Crippen molar-refractivity contribution < 1.29 is 4.79 Å². The molecule has 6 rings (SSSR count). The topological polar surface area (TPSA) is 61.4 Å². The van der Waals surface area contributed by atoms with Gasteiger partial charge in [-0.25, -0.2) is 9.97 Å². The second-order valence-electron chi connectivity index (χ2n) is 8.99. The van der Waals surface area contributed by atoms with Crippen LogP contribution in [0.15, 0.2) is 84.9 Å². The van der Waals surface area contributed by atoms with Gasteiger partial charge in [0.2, 0.25) is 0 Å². The molecule has 5 aromatic rings. The molecule has 1 N–H and O–H groups in total. The molecule has 2 aromatic heterocycles. The first-order valence-electron chi connectivity index (χ1n) is 12.3. The van der Waals surface area contributed by atoms with Crippen molar-refractivity contribution in [2.24, 2.45) is 0 Å². The van der Waals surface area contributed by atoms with Crippen molar-refractivity contribution in [3.05, 3.63) is 90.5 Å². The molecule has 3 heterocycles. The third kappa shape index (κ3) is 4.67. The van der Waals surface area contributed by atoms with Crippen LogP contribution in [0.3, 0.4) is 0 Å². The van der Waals surface area contributed by atoms with Crippen LogP contribution >= 0.6 is 11.3 Å². The first kappa shape index (κ1) is 22.6. The molecule has 0 aliphatic carbocycles. The zero-order valence-corrected chi connectivity index (χ0v) is 20.7. The molecule has 7 heteroatoms. The van der Waals surface area contributed by atoms with Gasteiger partial charge in [-0.3, -0.25) is 9.69 Å². The molecular weight excluding hydrogens is 466 g/mol. The number of carbonyl (C=O) groups is 1. The number of carbonyl (C=O) groups excluding carboxylic acids is 1. The first-order valence-corrected chi connectivity index (χ1v) is 13.1. The summed E-state index contributed by atoms with van der Waals surface area (Å²) < 4.78 is 1.23. The highest BCUT2D eigenvalue weighted by Crippen LogP contribution is 2.29. The molecule has 180 valence electrons. The number of nitrogens with one attached hydrogen (secondary N) is 1. The fourth-order valence-corrected chi connectivity index (χ4v) is 5.72. The average Bonchev–Trinajstić information content (AvgIpc) is 3.38. The quantitative estimate of drug-likeness (QED) is 0.358. The smallest absolute Gasteiger partial charge is 0.252 e. The Labute approximate surface area is 214 Å². The van der Waals surface area contributed by atoms with Gasteiger partial charge in [0.1, 0.15) is 0 Å². The number of anilines is 1. The highest BCUT2D eigenvalue weighted by molar-refractivity contribution is 7.22. The minimum absolute atomic E-state index is 0.0566. The van der Waals surface area contributed by atoms with Gasteiger partial charge in [-0.05, 0) is 24.3 Å². The summed E-state index contributed by atoms with van der Waals surface area (Å²) in [5.74, 6) is -0.0566. The van der Waals surface area contributed by atoms with Crippen molar-refractivity contribution in [3.63, 3.8) is 0 Å². The summed E-state index contributed by atoms with van der Waals surface area (Å²) in [6, 6.07) is 28.0. The van der Waals surface area contributed by atoms with E-state index in [-0.39, 0.29) is 5.91 Å². The average molecular weight is 494 g/mol. The lowest BCUT2D eigenvalue weighted by molar-refractivity contribution is 0.0949. The molecule has 0 unspecified atom stereocenters. The number of aromatic nitrogens is 2. The van der Waals surface area contributed by atoms with Crippen molar-refractivity contribution in [1.29, 1.82) is 0 Å². The summed E-state index contributed by atoms with van der Waals surface area (Å²) in [6.45, 7) is 5.25. The predicted octanol–water partition coefficient (Wildman–Crippen LogP) is 5.06. The molecule has 3 aromatic carbocycles. The lowest BCUT2D eigenvalue weighted by Crippen LogP contribution is -2.48. The number of hydrogen-bond acceptors (Lipinski definition) is 6. The fraction of sp³-hybridized carbons (Fsp3) is 0.207. The van der Waals surface area contributed by atoms with Gasteiger partial charge >= 0.3 is 0 Å². The Bertz CT molecular complexity index is 1480. The van der Waals surface area contributed by atoms with Crippen molar-refractivity contribution in [2.45, 2.75) is 0 Å². The van der Waals surface area contributed by atoms with Crippen LogP contribution in [-0.4, -0.2) is 60.0 Å². The van der Waals surface area contributed by atoms with Crippen LogP contribution in [0.1, 0.15) is 10.4 Å².